The summed E-state index contributed by atoms with van der Waals surface area (Å²) < 4.78 is 2.14. The first-order valence-corrected chi connectivity index (χ1v) is 6.99. The molecule has 2 nitrogen and oxygen atoms in total. The van der Waals surface area contributed by atoms with Crippen LogP contribution in [0.15, 0.2) is 48.7 Å². The van der Waals surface area contributed by atoms with Crippen LogP contribution in [0, 0.1) is 6.92 Å². The second-order valence-electron chi connectivity index (χ2n) is 5.09. The van der Waals surface area contributed by atoms with Crippen LogP contribution < -0.4 is 0 Å². The van der Waals surface area contributed by atoms with Crippen molar-refractivity contribution in [1.29, 1.82) is 0 Å². The number of hydrogen-bond donors (Lipinski definition) is 1. The lowest BCUT2D eigenvalue weighted by Gasteiger charge is -2.06. The molecular formula is C17H16ClNO. The topological polar surface area (TPSA) is 25.2 Å². The lowest BCUT2D eigenvalue weighted by atomic mass is 10.1. The molecule has 0 aliphatic carbocycles. The average molecular weight is 286 g/mol. The monoisotopic (exact) mass is 285 g/mol. The van der Waals surface area contributed by atoms with Crippen molar-refractivity contribution in [2.75, 3.05) is 0 Å². The van der Waals surface area contributed by atoms with Crippen molar-refractivity contribution in [3.63, 3.8) is 0 Å². The Morgan fingerprint density at radius 2 is 2.00 bits per heavy atom. The summed E-state index contributed by atoms with van der Waals surface area (Å²) in [6, 6.07) is 14.2. The lowest BCUT2D eigenvalue weighted by molar-refractivity contribution is 0.283. The lowest BCUT2D eigenvalue weighted by Crippen LogP contribution is -1.98. The maximum absolute atomic E-state index is 9.48. The van der Waals surface area contributed by atoms with Crippen molar-refractivity contribution in [3.8, 4) is 0 Å². The minimum Gasteiger partial charge on any atom is -0.392 e. The van der Waals surface area contributed by atoms with Crippen LogP contribution in [-0.2, 0) is 13.2 Å². The van der Waals surface area contributed by atoms with Gasteiger partial charge in [-0.1, -0.05) is 47.5 Å². The zero-order valence-electron chi connectivity index (χ0n) is 11.3. The molecule has 0 radical (unpaired) electrons. The molecular weight excluding hydrogens is 270 g/mol. The molecule has 20 heavy (non-hydrogen) atoms. The number of hydrogen-bond acceptors (Lipinski definition) is 1. The molecule has 102 valence electrons. The van der Waals surface area contributed by atoms with Crippen LogP contribution in [0.4, 0.5) is 0 Å². The van der Waals surface area contributed by atoms with Gasteiger partial charge in [0.25, 0.3) is 0 Å². The third kappa shape index (κ3) is 2.45. The molecule has 0 unspecified atom stereocenters. The van der Waals surface area contributed by atoms with Crippen LogP contribution in [-0.4, -0.2) is 9.67 Å². The summed E-state index contributed by atoms with van der Waals surface area (Å²) >= 11 is 6.10. The summed E-state index contributed by atoms with van der Waals surface area (Å²) in [5.74, 6) is 0. The third-order valence-corrected chi connectivity index (χ3v) is 3.77. The molecule has 0 spiro atoms. The predicted molar refractivity (Wildman–Crippen MR) is 83.2 cm³/mol. The summed E-state index contributed by atoms with van der Waals surface area (Å²) in [5.41, 5.74) is 4.48. The maximum atomic E-state index is 9.48. The van der Waals surface area contributed by atoms with Gasteiger partial charge < -0.3 is 9.67 Å². The Morgan fingerprint density at radius 1 is 1.15 bits per heavy atom. The summed E-state index contributed by atoms with van der Waals surface area (Å²) in [5, 5.41) is 11.3. The van der Waals surface area contributed by atoms with Gasteiger partial charge in [-0.05, 0) is 24.6 Å². The number of halogens is 1. The Morgan fingerprint density at radius 3 is 2.75 bits per heavy atom. The highest BCUT2D eigenvalue weighted by molar-refractivity contribution is 6.31. The number of aryl methyl sites for hydroxylation is 1. The molecule has 2 aromatic carbocycles. The first kappa shape index (κ1) is 13.2. The Labute approximate surface area is 123 Å². The molecule has 3 rings (SSSR count). The van der Waals surface area contributed by atoms with E-state index in [0.29, 0.717) is 5.02 Å². The Balaban J connectivity index is 2.09. The highest BCUT2D eigenvalue weighted by atomic mass is 35.5. The van der Waals surface area contributed by atoms with Crippen LogP contribution in [0.2, 0.25) is 5.02 Å². The van der Waals surface area contributed by atoms with E-state index >= 15 is 0 Å². The number of nitrogens with zero attached hydrogens (tertiary/aromatic N) is 1. The highest BCUT2D eigenvalue weighted by Gasteiger charge is 2.08. The van der Waals surface area contributed by atoms with E-state index in [9.17, 15) is 5.11 Å². The number of aromatic nitrogens is 1. The average Bonchev–Trinajstić information content (AvgIpc) is 2.76. The smallest absolute Gasteiger partial charge is 0.0702 e. The third-order valence-electron chi connectivity index (χ3n) is 3.53. The first-order chi connectivity index (χ1) is 9.67. The molecule has 0 fully saturated rings. The number of aliphatic hydroxyl groups is 1. The first-order valence-electron chi connectivity index (χ1n) is 6.61. The van der Waals surface area contributed by atoms with Gasteiger partial charge in [0.1, 0.15) is 0 Å². The van der Waals surface area contributed by atoms with Gasteiger partial charge in [-0.2, -0.15) is 0 Å². The van der Waals surface area contributed by atoms with E-state index < -0.39 is 0 Å². The fourth-order valence-electron chi connectivity index (χ4n) is 2.61. The van der Waals surface area contributed by atoms with E-state index in [2.05, 4.69) is 35.8 Å². The van der Waals surface area contributed by atoms with Crippen LogP contribution >= 0.6 is 11.6 Å². The standard InChI is InChI=1S/C17H16ClNO/c1-12-3-2-4-13(7-12)9-19-10-14(11-20)16-6-5-15(18)8-17(16)19/h2-8,10,20H,9,11H2,1H3. The second kappa shape index (κ2) is 5.31. The molecule has 0 saturated carbocycles. The maximum Gasteiger partial charge on any atom is 0.0702 e. The van der Waals surface area contributed by atoms with Crippen molar-refractivity contribution in [3.05, 3.63) is 70.4 Å². The van der Waals surface area contributed by atoms with Gasteiger partial charge in [-0.15, -0.1) is 0 Å². The number of fused-ring (bicyclic) bond motifs is 1. The zero-order valence-corrected chi connectivity index (χ0v) is 12.1. The van der Waals surface area contributed by atoms with Crippen molar-refractivity contribution >= 4 is 22.5 Å². The van der Waals surface area contributed by atoms with Gasteiger partial charge in [0.05, 0.1) is 12.1 Å². The summed E-state index contributed by atoms with van der Waals surface area (Å²) in [6.45, 7) is 2.91. The van der Waals surface area contributed by atoms with Crippen LogP contribution in [0.5, 0.6) is 0 Å². The van der Waals surface area contributed by atoms with Crippen molar-refractivity contribution in [1.82, 2.24) is 4.57 Å². The van der Waals surface area contributed by atoms with Gasteiger partial charge in [0.2, 0.25) is 0 Å². The fourth-order valence-corrected chi connectivity index (χ4v) is 2.77. The summed E-state index contributed by atoms with van der Waals surface area (Å²) in [7, 11) is 0. The van der Waals surface area contributed by atoms with Crippen molar-refractivity contribution in [2.24, 2.45) is 0 Å². The minimum atomic E-state index is 0.0406. The van der Waals surface area contributed by atoms with Crippen molar-refractivity contribution < 1.29 is 5.11 Å². The molecule has 0 saturated heterocycles. The molecule has 1 N–H and O–H groups in total. The molecule has 3 aromatic rings. The Bertz CT molecular complexity index is 761. The number of rotatable bonds is 3. The van der Waals surface area contributed by atoms with Gasteiger partial charge in [0, 0.05) is 28.7 Å². The van der Waals surface area contributed by atoms with Gasteiger partial charge >= 0.3 is 0 Å². The van der Waals surface area contributed by atoms with Crippen LogP contribution in [0.1, 0.15) is 16.7 Å². The fraction of sp³-hybridized carbons (Fsp3) is 0.176. The normalized spacial score (nSPS) is 11.2. The van der Waals surface area contributed by atoms with E-state index in [0.717, 1.165) is 23.0 Å². The van der Waals surface area contributed by atoms with Gasteiger partial charge in [0.15, 0.2) is 0 Å². The summed E-state index contributed by atoms with van der Waals surface area (Å²) in [6.07, 6.45) is 2.00. The highest BCUT2D eigenvalue weighted by Crippen LogP contribution is 2.25. The predicted octanol–water partition coefficient (Wildman–Crippen LogP) is 4.14. The molecule has 3 heteroatoms. The largest absolute Gasteiger partial charge is 0.392 e. The second-order valence-corrected chi connectivity index (χ2v) is 5.53. The summed E-state index contributed by atoms with van der Waals surface area (Å²) in [4.78, 5) is 0. The minimum absolute atomic E-state index is 0.0406. The molecule has 0 amide bonds. The van der Waals surface area contributed by atoms with Crippen molar-refractivity contribution in [2.45, 2.75) is 20.1 Å². The van der Waals surface area contributed by atoms with Crippen LogP contribution in [0.3, 0.4) is 0 Å². The molecule has 1 aromatic heterocycles. The molecule has 0 aliphatic heterocycles. The van der Waals surface area contributed by atoms with Crippen LogP contribution in [0.25, 0.3) is 10.9 Å². The van der Waals surface area contributed by atoms with Gasteiger partial charge in [-0.25, -0.2) is 0 Å². The Kier molecular flexibility index (Phi) is 3.51. The zero-order chi connectivity index (χ0) is 14.1. The molecule has 0 atom stereocenters. The van der Waals surface area contributed by atoms with E-state index in [4.69, 9.17) is 11.6 Å². The Hall–Kier alpha value is -1.77. The van der Waals surface area contributed by atoms with E-state index in [1.165, 1.54) is 11.1 Å². The van der Waals surface area contributed by atoms with E-state index in [1.54, 1.807) is 0 Å². The van der Waals surface area contributed by atoms with Gasteiger partial charge in [-0.3, -0.25) is 0 Å². The van der Waals surface area contributed by atoms with E-state index in [-0.39, 0.29) is 6.61 Å². The molecule has 0 aliphatic rings. The SMILES string of the molecule is Cc1cccc(Cn2cc(CO)c3ccc(Cl)cc32)c1. The number of benzene rings is 2. The number of aliphatic hydroxyl groups excluding tert-OH is 1. The van der Waals surface area contributed by atoms with E-state index in [1.807, 2.05) is 24.4 Å². The molecule has 1 heterocycles. The quantitative estimate of drug-likeness (QED) is 0.768. The molecule has 0 bridgehead atoms.